The van der Waals surface area contributed by atoms with Gasteiger partial charge in [0.15, 0.2) is 0 Å². The molecule has 1 fully saturated rings. The number of carbonyl (C=O) groups is 3. The van der Waals surface area contributed by atoms with Crippen LogP contribution in [0.1, 0.15) is 23.3 Å². The minimum Gasteiger partial charge on any atom is -0.477 e. The average molecular weight is 288 g/mol. The van der Waals surface area contributed by atoms with Gasteiger partial charge in [-0.2, -0.15) is 5.06 Å². The van der Waals surface area contributed by atoms with E-state index < -0.39 is 17.8 Å². The molecule has 2 amide bonds. The Hall–Kier alpha value is -2.80. The highest BCUT2D eigenvalue weighted by molar-refractivity contribution is 6.00. The van der Waals surface area contributed by atoms with Crippen molar-refractivity contribution < 1.29 is 24.7 Å². The summed E-state index contributed by atoms with van der Waals surface area (Å²) in [4.78, 5) is 35.0. The van der Waals surface area contributed by atoms with E-state index in [2.05, 4.69) is 4.98 Å². The topological polar surface area (TPSA) is 108 Å². The molecule has 0 radical (unpaired) electrons. The molecule has 0 unspecified atom stereocenters. The highest BCUT2D eigenvalue weighted by Gasteiger charge is 2.26. The fraction of sp³-hybridized carbons (Fsp3) is 0.143. The number of carboxylic acid groups (broad SMARTS) is 1. The van der Waals surface area contributed by atoms with E-state index in [-0.39, 0.29) is 23.6 Å². The quantitative estimate of drug-likeness (QED) is 0.607. The summed E-state index contributed by atoms with van der Waals surface area (Å²) in [5.74, 6) is -2.00. The van der Waals surface area contributed by atoms with Crippen LogP contribution in [0.5, 0.6) is 0 Å². The van der Waals surface area contributed by atoms with Crippen LogP contribution in [0.25, 0.3) is 10.9 Å². The van der Waals surface area contributed by atoms with E-state index in [0.29, 0.717) is 5.52 Å². The van der Waals surface area contributed by atoms with Crippen molar-refractivity contribution in [2.75, 3.05) is 0 Å². The van der Waals surface area contributed by atoms with Crippen LogP contribution in [-0.2, 0) is 9.59 Å². The molecule has 108 valence electrons. The van der Waals surface area contributed by atoms with E-state index in [1.165, 1.54) is 6.07 Å². The average Bonchev–Trinajstić information content (AvgIpc) is 2.78. The third-order valence-corrected chi connectivity index (χ3v) is 2.84. The molecular weight excluding hydrogens is 276 g/mol. The van der Waals surface area contributed by atoms with Gasteiger partial charge in [-0.3, -0.25) is 14.8 Å². The number of pyridine rings is 1. The zero-order chi connectivity index (χ0) is 15.4. The van der Waals surface area contributed by atoms with Crippen LogP contribution in [0.4, 0.5) is 0 Å². The van der Waals surface area contributed by atoms with Crippen molar-refractivity contribution in [1.82, 2.24) is 10.0 Å². The third-order valence-electron chi connectivity index (χ3n) is 2.84. The maximum atomic E-state index is 10.6. The third kappa shape index (κ3) is 3.40. The highest BCUT2D eigenvalue weighted by Crippen LogP contribution is 2.11. The lowest BCUT2D eigenvalue weighted by Crippen LogP contribution is -2.24. The molecule has 7 heteroatoms. The molecule has 0 spiro atoms. The van der Waals surface area contributed by atoms with Crippen molar-refractivity contribution in [3.05, 3.63) is 42.1 Å². The highest BCUT2D eigenvalue weighted by atomic mass is 16.5. The second-order valence-electron chi connectivity index (χ2n) is 4.29. The van der Waals surface area contributed by atoms with Crippen LogP contribution in [0.15, 0.2) is 36.4 Å². The number of aromatic nitrogens is 1. The lowest BCUT2D eigenvalue weighted by Gasteiger charge is -1.98. The van der Waals surface area contributed by atoms with E-state index in [1.807, 2.05) is 18.2 Å². The molecule has 2 aromatic rings. The van der Waals surface area contributed by atoms with Crippen LogP contribution in [0.2, 0.25) is 0 Å². The smallest absolute Gasteiger partial charge is 0.354 e. The molecule has 0 saturated carbocycles. The molecule has 21 heavy (non-hydrogen) atoms. The Morgan fingerprint density at radius 2 is 1.67 bits per heavy atom. The summed E-state index contributed by atoms with van der Waals surface area (Å²) in [5, 5.41) is 18.2. The molecule has 1 aromatic heterocycles. The molecule has 0 bridgehead atoms. The van der Waals surface area contributed by atoms with Gasteiger partial charge in [0.1, 0.15) is 5.69 Å². The summed E-state index contributed by atoms with van der Waals surface area (Å²) in [7, 11) is 0. The van der Waals surface area contributed by atoms with Gasteiger partial charge in [-0.25, -0.2) is 9.78 Å². The molecule has 1 aliphatic heterocycles. The largest absolute Gasteiger partial charge is 0.477 e. The minimum absolute atomic E-state index is 0.0821. The predicted molar refractivity (Wildman–Crippen MR) is 71.6 cm³/mol. The fourth-order valence-electron chi connectivity index (χ4n) is 1.75. The van der Waals surface area contributed by atoms with Crippen molar-refractivity contribution in [2.24, 2.45) is 0 Å². The molecule has 3 rings (SSSR count). The molecule has 0 atom stereocenters. The van der Waals surface area contributed by atoms with Gasteiger partial charge in [-0.05, 0) is 12.1 Å². The second-order valence-corrected chi connectivity index (χ2v) is 4.29. The number of aromatic carboxylic acids is 1. The first kappa shape index (κ1) is 14.6. The van der Waals surface area contributed by atoms with Gasteiger partial charge in [-0.1, -0.05) is 24.3 Å². The Bertz CT molecular complexity index is 697. The zero-order valence-electron chi connectivity index (χ0n) is 10.9. The van der Waals surface area contributed by atoms with Gasteiger partial charge in [0.25, 0.3) is 11.8 Å². The Kier molecular flexibility index (Phi) is 4.24. The molecule has 1 saturated heterocycles. The summed E-state index contributed by atoms with van der Waals surface area (Å²) in [6, 6.07) is 10.7. The monoisotopic (exact) mass is 288 g/mol. The van der Waals surface area contributed by atoms with Crippen LogP contribution in [0.3, 0.4) is 0 Å². The predicted octanol–water partition coefficient (Wildman–Crippen LogP) is 1.46. The number of hydrogen-bond acceptors (Lipinski definition) is 5. The van der Waals surface area contributed by atoms with Crippen molar-refractivity contribution >= 4 is 28.7 Å². The molecule has 1 aliphatic rings. The van der Waals surface area contributed by atoms with Gasteiger partial charge >= 0.3 is 5.97 Å². The number of hydroxylamine groups is 2. The summed E-state index contributed by atoms with van der Waals surface area (Å²) in [6.07, 6.45) is 0.296. The molecule has 2 heterocycles. The van der Waals surface area contributed by atoms with E-state index >= 15 is 0 Å². The van der Waals surface area contributed by atoms with Gasteiger partial charge in [-0.15, -0.1) is 0 Å². The lowest BCUT2D eigenvalue weighted by atomic mass is 10.2. The summed E-state index contributed by atoms with van der Waals surface area (Å²) in [6.45, 7) is 0. The van der Waals surface area contributed by atoms with Gasteiger partial charge in [0, 0.05) is 18.2 Å². The van der Waals surface area contributed by atoms with Gasteiger partial charge in [0.2, 0.25) is 0 Å². The second kappa shape index (κ2) is 6.10. The molecule has 1 aromatic carbocycles. The number of hydrogen-bond donors (Lipinski definition) is 2. The van der Waals surface area contributed by atoms with E-state index in [1.54, 1.807) is 12.1 Å². The number of nitrogens with zero attached hydrogens (tertiary/aromatic N) is 2. The van der Waals surface area contributed by atoms with E-state index in [4.69, 9.17) is 10.3 Å². The number of para-hydroxylation sites is 1. The SMILES string of the molecule is O=C(O)c1ccc2ccccc2n1.O=C1CCC(=O)N1O. The Labute approximate surface area is 119 Å². The summed E-state index contributed by atoms with van der Waals surface area (Å²) < 4.78 is 0. The van der Waals surface area contributed by atoms with Crippen molar-refractivity contribution in [2.45, 2.75) is 12.8 Å². The Morgan fingerprint density at radius 1 is 1.05 bits per heavy atom. The fourth-order valence-corrected chi connectivity index (χ4v) is 1.75. The van der Waals surface area contributed by atoms with Crippen LogP contribution < -0.4 is 0 Å². The number of carbonyl (C=O) groups excluding carboxylic acids is 2. The Morgan fingerprint density at radius 3 is 2.19 bits per heavy atom. The van der Waals surface area contributed by atoms with Crippen molar-refractivity contribution in [3.63, 3.8) is 0 Å². The molecule has 2 N–H and O–H groups in total. The maximum Gasteiger partial charge on any atom is 0.354 e. The van der Waals surface area contributed by atoms with E-state index in [9.17, 15) is 14.4 Å². The Balaban J connectivity index is 0.000000173. The normalized spacial score (nSPS) is 14.0. The first-order valence-corrected chi connectivity index (χ1v) is 6.13. The first-order chi connectivity index (χ1) is 9.99. The van der Waals surface area contributed by atoms with Crippen LogP contribution >= 0.6 is 0 Å². The lowest BCUT2D eigenvalue weighted by molar-refractivity contribution is -0.171. The molecular formula is C14H12N2O5. The minimum atomic E-state index is -0.995. The zero-order valence-corrected chi connectivity index (χ0v) is 10.9. The van der Waals surface area contributed by atoms with Crippen LogP contribution in [-0.4, -0.2) is 38.1 Å². The van der Waals surface area contributed by atoms with Crippen molar-refractivity contribution in [1.29, 1.82) is 0 Å². The maximum absolute atomic E-state index is 10.6. The number of rotatable bonds is 1. The summed E-state index contributed by atoms with van der Waals surface area (Å²) >= 11 is 0. The summed E-state index contributed by atoms with van der Waals surface area (Å²) in [5.41, 5.74) is 0.793. The van der Waals surface area contributed by atoms with Gasteiger partial charge in [0.05, 0.1) is 5.52 Å². The molecule has 0 aliphatic carbocycles. The molecule has 7 nitrogen and oxygen atoms in total. The van der Waals surface area contributed by atoms with E-state index in [0.717, 1.165) is 5.39 Å². The number of imide groups is 1. The first-order valence-electron chi connectivity index (χ1n) is 6.13. The number of carboxylic acids is 1. The number of benzene rings is 1. The van der Waals surface area contributed by atoms with Crippen molar-refractivity contribution in [3.8, 4) is 0 Å². The number of fused-ring (bicyclic) bond motifs is 1. The van der Waals surface area contributed by atoms with Gasteiger partial charge < -0.3 is 5.11 Å². The van der Waals surface area contributed by atoms with Crippen LogP contribution in [0, 0.1) is 0 Å². The standard InChI is InChI=1S/C10H7NO2.C4H5NO3/c12-10(13)9-6-5-7-3-1-2-4-8(7)11-9;6-3-1-2-4(7)5(3)8/h1-6H,(H,12,13);8H,1-2H2. The number of amides is 2.